The average molecular weight is 1710 g/mol. The van der Waals surface area contributed by atoms with Crippen molar-refractivity contribution in [2.45, 2.75) is 239 Å². The van der Waals surface area contributed by atoms with E-state index < -0.39 is 499 Å². The molecule has 5 fully saturated rings. The normalized spacial score (nSPS) is 55.1. The van der Waals surface area contributed by atoms with Crippen LogP contribution in [0.25, 0.3) is 0 Å². The fraction of sp³-hybridized carbons (Fsp3) is 0.691. The van der Waals surface area contributed by atoms with Crippen LogP contribution < -0.4 is 47.4 Å². The van der Waals surface area contributed by atoms with E-state index >= 15 is 0 Å². The van der Waals surface area contributed by atoms with Gasteiger partial charge in [0.25, 0.3) is 0 Å². The summed E-state index contributed by atoms with van der Waals surface area (Å²) in [6.45, 7) is -43.5. The molecule has 15 rings (SSSR count). The molecule has 0 spiro atoms. The highest BCUT2D eigenvalue weighted by Crippen LogP contribution is 2.51. The minimum Gasteiger partial charge on any atom is -0.493 e. The zero-order valence-corrected chi connectivity index (χ0v) is 66.3. The second-order valence-electron chi connectivity index (χ2n) is 27.7. The van der Waals surface area contributed by atoms with Crippen LogP contribution in [0.3, 0.4) is 0 Å². The van der Waals surface area contributed by atoms with Gasteiger partial charge < -0.3 is 72.9 Å². The van der Waals surface area contributed by atoms with Gasteiger partial charge in [-0.2, -0.15) is 0 Å². The maximum atomic E-state index is 11.6. The fourth-order valence-electron chi connectivity index (χ4n) is 12.0. The smallest absolute Gasteiger partial charge is 0.161 e. The fourth-order valence-corrected chi connectivity index (χ4v) is 12.0. The zero-order valence-electron chi connectivity index (χ0n) is 149. The van der Waals surface area contributed by atoms with Crippen LogP contribution in [0, 0.1) is 58.1 Å². The molecule has 652 valence electrons. The number of aliphatic hydroxyl groups excluding tert-OH is 1. The van der Waals surface area contributed by atoms with Crippen LogP contribution in [0.2, 0.25) is 0 Å². The molecule has 10 aliphatic heterocycles. The maximum absolute atomic E-state index is 11.6. The largest absolute Gasteiger partial charge is 0.493 e. The number of rotatable bonds is 18. The van der Waals surface area contributed by atoms with Gasteiger partial charge >= 0.3 is 0 Å². The summed E-state index contributed by atoms with van der Waals surface area (Å²) in [7, 11) is 1.44. The Bertz CT molecular complexity index is 8040. The second-order valence-corrected chi connectivity index (χ2v) is 27.7. The van der Waals surface area contributed by atoms with E-state index in [1.165, 1.54) is 41.5 Å². The van der Waals surface area contributed by atoms with Crippen molar-refractivity contribution in [3.05, 3.63) is 116 Å². The third kappa shape index (κ3) is 22.0. The first-order chi connectivity index (χ1) is 87.9. The van der Waals surface area contributed by atoms with Crippen molar-refractivity contribution < 1.29 is 187 Å². The molecule has 15 unspecified atom stereocenters. The third-order valence-corrected chi connectivity index (χ3v) is 17.1. The van der Waals surface area contributed by atoms with Crippen LogP contribution in [0.15, 0.2) is 60.4 Å². The van der Waals surface area contributed by atoms with Gasteiger partial charge in [0.2, 0.25) is 0 Å². The molecule has 5 saturated heterocycles. The highest BCUT2D eigenvalue weighted by Gasteiger charge is 2.45. The Hall–Kier alpha value is -6.30. The molecule has 0 aliphatic carbocycles. The van der Waals surface area contributed by atoms with E-state index in [9.17, 15) is 32.4 Å². The van der Waals surface area contributed by atoms with E-state index in [4.69, 9.17) is 154 Å². The van der Waals surface area contributed by atoms with E-state index in [1.807, 2.05) is 0 Å². The lowest BCUT2D eigenvalue weighted by Crippen LogP contribution is -2.48. The summed E-state index contributed by atoms with van der Waals surface area (Å²) in [4.78, 5) is -1.34. The van der Waals surface area contributed by atoms with Crippen molar-refractivity contribution in [1.82, 2.24) is 24.5 Å². The molecular formula is C97H149N5O15. The molecule has 0 bridgehead atoms. The molecule has 20 nitrogen and oxygen atoms in total. The van der Waals surface area contributed by atoms with Crippen LogP contribution in [-0.4, -0.2) is 216 Å². The highest BCUT2D eigenvalue weighted by atomic mass is 16.5. The highest BCUT2D eigenvalue weighted by molar-refractivity contribution is 5.54. The molecule has 10 aliphatic rings. The molecule has 0 radical (unpaired) electrons. The van der Waals surface area contributed by atoms with Gasteiger partial charge in [-0.1, -0.05) is 82.8 Å². The van der Waals surface area contributed by atoms with Crippen molar-refractivity contribution in [3.8, 4) is 57.5 Å². The summed E-state index contributed by atoms with van der Waals surface area (Å²) in [6.07, 6.45) is -63.3. The number of ether oxygens (including phenoxy) is 10. The van der Waals surface area contributed by atoms with E-state index in [0.29, 0.717) is 6.92 Å². The van der Waals surface area contributed by atoms with Gasteiger partial charge in [-0.25, -0.2) is 0 Å². The maximum Gasteiger partial charge on any atom is 0.161 e. The molecule has 10 heterocycles. The van der Waals surface area contributed by atoms with Gasteiger partial charge in [0.15, 0.2) is 57.5 Å². The number of piperidine rings is 5. The summed E-state index contributed by atoms with van der Waals surface area (Å²) in [5, 5.41) is 56.8. The minimum atomic E-state index is -4.73. The quantitative estimate of drug-likeness (QED) is 0.0552. The van der Waals surface area contributed by atoms with Crippen molar-refractivity contribution in [3.63, 3.8) is 0 Å². The Morgan fingerprint density at radius 2 is 0.607 bits per heavy atom. The number of hydrogen-bond donors (Lipinski definition) is 5. The van der Waals surface area contributed by atoms with E-state index in [1.54, 1.807) is 0 Å². The molecule has 5 aromatic carbocycles. The number of benzene rings is 5. The lowest BCUT2D eigenvalue weighted by molar-refractivity contribution is -0.0259. The van der Waals surface area contributed by atoms with Crippen LogP contribution in [0.4, 0.5) is 0 Å². The molecule has 5 aromatic rings. The molecular weight excluding hydrogens is 1480 g/mol. The Morgan fingerprint density at radius 1 is 0.368 bits per heavy atom. The molecule has 15 atom stereocenters. The Kier molecular flexibility index (Phi) is 11.0. The summed E-state index contributed by atoms with van der Waals surface area (Å²) < 4.78 is 760. The van der Waals surface area contributed by atoms with Crippen molar-refractivity contribution in [2.75, 3.05) is 136 Å². The number of nitrogens with zero attached hydrogens (tertiary/aromatic N) is 5. The summed E-state index contributed by atoms with van der Waals surface area (Å²) in [5.41, 5.74) is -18.3. The van der Waals surface area contributed by atoms with Gasteiger partial charge in [0.1, 0.15) is 0 Å². The van der Waals surface area contributed by atoms with Crippen molar-refractivity contribution >= 4 is 0 Å². The second kappa shape index (κ2) is 40.1. The number of methoxy groups -OCH3 is 10. The third-order valence-electron chi connectivity index (χ3n) is 17.1. The predicted molar refractivity (Wildman–Crippen MR) is 465 cm³/mol. The van der Waals surface area contributed by atoms with Gasteiger partial charge in [-0.15, -0.1) is 0 Å². The van der Waals surface area contributed by atoms with Crippen LogP contribution in [0.5, 0.6) is 57.5 Å². The van der Waals surface area contributed by atoms with Gasteiger partial charge in [-0.05, 0) is 270 Å². The first kappa shape index (κ1) is 32.1. The zero-order chi connectivity index (χ0) is 158. The van der Waals surface area contributed by atoms with Gasteiger partial charge in [0.05, 0.1) is 136 Å². The number of fused-ring (bicyclic) bond motifs is 15. The molecule has 20 heteroatoms. The number of hydrogen-bond acceptors (Lipinski definition) is 20. The SMILES string of the molecule is [2H]c1c(OC([2H])([2H])[2H])c(OC)c([2H])c2c1C1([2H])CC(O)C(C([2H])([2H])C(C)(C([2H])([2H])[2H])C([2H])([2H])[2H])C([2H])([2H])N1C([2H])([2H])C2([2H])[2H].[2H]c1c(OC)c(OC([2H])([2H])[2H])c([2H])c2c1C([2H])([2H])C([2H])([2H])N1C([2H])([2H])C([2H])(CC(C)C)C([2H])(O)C([2H])([2H])C21[2H].[2H]c1c(OC)c(OC)c([2H])c2c1C([2H])([2H])C([2H])([2H])N1C([2H])([2H])C([2H])(C([2H])([2H])C(C)(C([2H])([2H])[2H])C([2H])([2H])[2H])C([2H])(O)C([2H])([2H])C21[2H].[2H]c1c(OC)c(OC)c([2H])c2c1C([2H])([2H])C([2H])([2H])N1C([2H])([2H])C([2H])(CC(C)C)C([2H])(O)C([2H])([2H])C21[2H].[2H]c1c(OC)c(OC)c([2H])c2c1C([2H])([2H])C([2H])([2H])N1C([2H])([2H])C([2H])(CC(C)C)C([2H])(O)C([2H])([2H])C21[2H]. The first-order valence-corrected chi connectivity index (χ1v) is 35.6. The predicted octanol–water partition coefficient (Wildman–Crippen LogP) is 15.9. The summed E-state index contributed by atoms with van der Waals surface area (Å²) in [6, 6.07) is -28.3. The summed E-state index contributed by atoms with van der Waals surface area (Å²) in [5.74, 6) is -26.0. The molecule has 0 amide bonds. The molecule has 0 saturated carbocycles. The van der Waals surface area contributed by atoms with Crippen LogP contribution >= 0.6 is 0 Å². The molecule has 5 N–H and O–H groups in total. The average Bonchev–Trinajstić information content (AvgIpc) is 0.622. The van der Waals surface area contributed by atoms with Crippen molar-refractivity contribution in [2.24, 2.45) is 58.1 Å². The van der Waals surface area contributed by atoms with Crippen molar-refractivity contribution in [1.29, 1.82) is 0 Å². The Labute approximate surface area is 819 Å². The van der Waals surface area contributed by atoms with E-state index in [0.717, 1.165) is 56.9 Å². The van der Waals surface area contributed by atoms with Crippen LogP contribution in [0.1, 0.15) is 346 Å². The molecule has 0 aromatic heterocycles. The lowest BCUT2D eigenvalue weighted by atomic mass is 9.75. The van der Waals surface area contributed by atoms with Gasteiger partial charge in [-0.3, -0.25) is 24.5 Å². The lowest BCUT2D eigenvalue weighted by Gasteiger charge is -2.47. The monoisotopic (exact) mass is 1710 g/mol. The Morgan fingerprint density at radius 3 is 0.872 bits per heavy atom. The molecule has 117 heavy (non-hydrogen) atoms. The van der Waals surface area contributed by atoms with Gasteiger partial charge in [0, 0.05) is 175 Å². The summed E-state index contributed by atoms with van der Waals surface area (Å²) >= 11 is 0. The number of aliphatic hydroxyl groups is 5. The first-order valence-electron chi connectivity index (χ1n) is 77.1. The minimum absolute atomic E-state index is 0.128. The van der Waals surface area contributed by atoms with E-state index in [2.05, 4.69) is 0 Å². The van der Waals surface area contributed by atoms with Crippen LogP contribution in [-0.2, 0) is 31.9 Å². The van der Waals surface area contributed by atoms with E-state index in [-0.39, 0.29) is 26.5 Å². The Balaban J connectivity index is 0.000000230. The standard InChI is InChI=1S/2C20H31NO3.3C19H29NO3/c2*1-20(2,3)11-14-12-21-7-6-13-8-18(23-4)19(24-5)9-15(13)16(21)10-17(14)22;3*1-12(2)7-14-11-20-6-5-13-8-18(22-3)19(23-4)9-15(13)16(20)10-17(14)21/h2*8-9,14,16-17,22H,6-7,10-12H2,1-5H3;3*8-9,12,14,16-17,21H,5-7,10-11H2,1-4H3/i1D3,2D3,6D2,7D2,8D,9D,10D2,11D2,12D2,14D,16D,17D;1D3,2D3,5D3,6D2,7D2,8D,9D,11D2,12D2,16D;4D3,5D2,6D2,8D,9D,10D2,11D2,14D,16D,17D;2*5D2,6D2,8D,9D,10D2,11D2,14D,16D,17D. The topological polar surface area (TPSA) is 210 Å².